The van der Waals surface area contributed by atoms with E-state index in [0.717, 1.165) is 11.1 Å². The molecule has 2 aromatic rings. The molecule has 2 aliphatic heterocycles. The largest absolute Gasteiger partial charge is 0.491 e. The van der Waals surface area contributed by atoms with Crippen molar-refractivity contribution in [3.8, 4) is 5.75 Å². The molecular weight excluding hydrogens is 406 g/mol. The fourth-order valence-electron chi connectivity index (χ4n) is 4.39. The molecule has 0 aromatic heterocycles. The molecular formula is C26H31NO5. The first-order valence-corrected chi connectivity index (χ1v) is 11.3. The summed E-state index contributed by atoms with van der Waals surface area (Å²) in [4.78, 5) is 25.8. The summed E-state index contributed by atoms with van der Waals surface area (Å²) < 4.78 is 17.2. The summed E-state index contributed by atoms with van der Waals surface area (Å²) in [7, 11) is 0. The van der Waals surface area contributed by atoms with Crippen LogP contribution in [-0.4, -0.2) is 43.7 Å². The lowest BCUT2D eigenvalue weighted by molar-refractivity contribution is -0.188. The Bertz CT molecular complexity index is 981. The fraction of sp³-hybridized carbons (Fsp3) is 0.462. The van der Waals surface area contributed by atoms with E-state index in [9.17, 15) is 9.59 Å². The van der Waals surface area contributed by atoms with Crippen molar-refractivity contribution >= 4 is 11.6 Å². The predicted molar refractivity (Wildman–Crippen MR) is 121 cm³/mol. The fourth-order valence-corrected chi connectivity index (χ4v) is 4.39. The summed E-state index contributed by atoms with van der Waals surface area (Å²) in [6.45, 7) is 5.32. The van der Waals surface area contributed by atoms with E-state index in [-0.39, 0.29) is 23.9 Å². The van der Waals surface area contributed by atoms with Crippen LogP contribution < -0.4 is 10.5 Å². The van der Waals surface area contributed by atoms with Gasteiger partial charge in [0.2, 0.25) is 0 Å². The molecule has 2 aliphatic rings. The van der Waals surface area contributed by atoms with Crippen molar-refractivity contribution in [2.45, 2.75) is 57.3 Å². The van der Waals surface area contributed by atoms with Crippen molar-refractivity contribution in [3.05, 3.63) is 64.7 Å². The summed E-state index contributed by atoms with van der Waals surface area (Å²) in [6.07, 6.45) is 1.67. The first-order valence-electron chi connectivity index (χ1n) is 11.3. The number of Topliss-reactive ketones (excluding diaryl/α,β-unsaturated/α-hetero) is 2. The molecule has 2 heterocycles. The zero-order valence-electron chi connectivity index (χ0n) is 18.8. The van der Waals surface area contributed by atoms with Crippen LogP contribution in [0, 0.1) is 0 Å². The van der Waals surface area contributed by atoms with Gasteiger partial charge in [0.05, 0.1) is 30.2 Å². The monoisotopic (exact) mass is 437 g/mol. The van der Waals surface area contributed by atoms with Crippen LogP contribution in [0.5, 0.6) is 5.75 Å². The van der Waals surface area contributed by atoms with E-state index in [1.165, 1.54) is 0 Å². The van der Waals surface area contributed by atoms with E-state index in [1.54, 1.807) is 6.07 Å². The highest BCUT2D eigenvalue weighted by Gasteiger charge is 2.40. The smallest absolute Gasteiger partial charge is 0.166 e. The third-order valence-electron chi connectivity index (χ3n) is 6.38. The zero-order valence-corrected chi connectivity index (χ0v) is 18.8. The van der Waals surface area contributed by atoms with Gasteiger partial charge in [-0.25, -0.2) is 0 Å². The van der Waals surface area contributed by atoms with Crippen LogP contribution in [0.2, 0.25) is 0 Å². The van der Waals surface area contributed by atoms with E-state index in [0.29, 0.717) is 62.4 Å². The molecule has 0 radical (unpaired) electrons. The summed E-state index contributed by atoms with van der Waals surface area (Å²) >= 11 is 0. The lowest BCUT2D eigenvalue weighted by Crippen LogP contribution is -2.41. The molecule has 0 saturated carbocycles. The summed E-state index contributed by atoms with van der Waals surface area (Å²) in [5.41, 5.74) is 8.41. The maximum atomic E-state index is 13.1. The van der Waals surface area contributed by atoms with E-state index in [1.807, 2.05) is 31.2 Å². The number of carbonyl (C=O) groups excluding carboxylic acids is 2. The van der Waals surface area contributed by atoms with Crippen molar-refractivity contribution in [3.63, 3.8) is 0 Å². The summed E-state index contributed by atoms with van der Waals surface area (Å²) in [5.74, 6) is 0.599. The highest BCUT2D eigenvalue weighted by atomic mass is 16.7. The van der Waals surface area contributed by atoms with E-state index in [4.69, 9.17) is 19.9 Å². The Morgan fingerprint density at radius 1 is 1.09 bits per heavy atom. The minimum Gasteiger partial charge on any atom is -0.491 e. The molecule has 2 aromatic carbocycles. The van der Waals surface area contributed by atoms with E-state index >= 15 is 0 Å². The Hall–Kier alpha value is -2.54. The van der Waals surface area contributed by atoms with Gasteiger partial charge in [0.15, 0.2) is 17.9 Å². The van der Waals surface area contributed by atoms with E-state index < -0.39 is 5.41 Å². The lowest BCUT2D eigenvalue weighted by atomic mass is 9.76. The molecule has 4 rings (SSSR count). The number of hydrogen-bond donors (Lipinski definition) is 1. The molecule has 1 fully saturated rings. The number of rotatable bonds is 8. The highest BCUT2D eigenvalue weighted by Crippen LogP contribution is 2.46. The quantitative estimate of drug-likeness (QED) is 0.628. The van der Waals surface area contributed by atoms with Crippen LogP contribution >= 0.6 is 0 Å². The Kier molecular flexibility index (Phi) is 6.74. The second kappa shape index (κ2) is 9.53. The van der Waals surface area contributed by atoms with Gasteiger partial charge >= 0.3 is 0 Å². The molecule has 0 aliphatic carbocycles. The van der Waals surface area contributed by atoms with Gasteiger partial charge in [-0.2, -0.15) is 0 Å². The third kappa shape index (κ3) is 4.49. The Balaban J connectivity index is 1.57. The molecule has 32 heavy (non-hydrogen) atoms. The minimum absolute atomic E-state index is 0.00720. The number of hydrogen-bond acceptors (Lipinski definition) is 6. The number of nitrogens with two attached hydrogens (primary N) is 1. The first-order chi connectivity index (χ1) is 15.4. The van der Waals surface area contributed by atoms with Gasteiger partial charge < -0.3 is 19.9 Å². The van der Waals surface area contributed by atoms with Gasteiger partial charge in [0, 0.05) is 24.0 Å². The molecule has 6 nitrogen and oxygen atoms in total. The van der Waals surface area contributed by atoms with Crippen LogP contribution in [0.4, 0.5) is 0 Å². The van der Waals surface area contributed by atoms with Crippen molar-refractivity contribution in [1.82, 2.24) is 0 Å². The molecule has 0 bridgehead atoms. The van der Waals surface area contributed by atoms with Gasteiger partial charge in [0.25, 0.3) is 0 Å². The van der Waals surface area contributed by atoms with Crippen molar-refractivity contribution < 1.29 is 23.8 Å². The number of carbonyl (C=O) groups is 2. The number of ketones is 2. The lowest BCUT2D eigenvalue weighted by Gasteiger charge is -2.27. The van der Waals surface area contributed by atoms with Crippen LogP contribution in [-0.2, 0) is 14.9 Å². The molecule has 1 saturated heterocycles. The average molecular weight is 438 g/mol. The number of fused-ring (bicyclic) bond motifs is 1. The Morgan fingerprint density at radius 3 is 2.50 bits per heavy atom. The minimum atomic E-state index is -0.418. The Morgan fingerprint density at radius 2 is 1.81 bits per heavy atom. The summed E-state index contributed by atoms with van der Waals surface area (Å²) in [5, 5.41) is 0. The standard InChI is InChI=1S/C26H31NO5/c1-3-22(28)20-12-17(23(29)10-7-11-24-30-14-19(27)15-31-24)13-21-25(20)32-16-26(21,2)18-8-5-4-6-9-18/h4-6,8-9,12-13,19,24H,3,7,10-11,14-16,27H2,1-2H3/t19?,24?,26-/m0/s1. The van der Waals surface area contributed by atoms with Gasteiger partial charge in [-0.15, -0.1) is 0 Å². The normalized spacial score (nSPS) is 24.6. The first kappa shape index (κ1) is 22.6. The SMILES string of the molecule is CCC(=O)c1cc(C(=O)CCCC2OCC(N)CO2)cc2c1OC[C@@]2(C)c1ccccc1. The predicted octanol–water partition coefficient (Wildman–Crippen LogP) is 4.03. The zero-order chi connectivity index (χ0) is 22.7. The third-order valence-corrected chi connectivity index (χ3v) is 6.38. The second-order valence-corrected chi connectivity index (χ2v) is 8.84. The molecule has 0 spiro atoms. The van der Waals surface area contributed by atoms with Crippen molar-refractivity contribution in [1.29, 1.82) is 0 Å². The van der Waals surface area contributed by atoms with Crippen LogP contribution in [0.25, 0.3) is 0 Å². The number of ether oxygens (including phenoxy) is 3. The second-order valence-electron chi connectivity index (χ2n) is 8.84. The molecule has 0 unspecified atom stereocenters. The van der Waals surface area contributed by atoms with Crippen molar-refractivity contribution in [2.24, 2.45) is 5.73 Å². The van der Waals surface area contributed by atoms with Crippen LogP contribution in [0.1, 0.15) is 71.4 Å². The van der Waals surface area contributed by atoms with Crippen molar-refractivity contribution in [2.75, 3.05) is 19.8 Å². The van der Waals surface area contributed by atoms with Crippen LogP contribution in [0.15, 0.2) is 42.5 Å². The van der Waals surface area contributed by atoms with Gasteiger partial charge in [0.1, 0.15) is 12.4 Å². The summed E-state index contributed by atoms with van der Waals surface area (Å²) in [6, 6.07) is 13.6. The molecule has 170 valence electrons. The molecule has 2 N–H and O–H groups in total. The van der Waals surface area contributed by atoms with Gasteiger partial charge in [-0.05, 0) is 37.5 Å². The Labute approximate surface area is 189 Å². The molecule has 0 amide bonds. The highest BCUT2D eigenvalue weighted by molar-refractivity contribution is 6.04. The van der Waals surface area contributed by atoms with Crippen LogP contribution in [0.3, 0.4) is 0 Å². The number of benzene rings is 2. The van der Waals surface area contributed by atoms with Gasteiger partial charge in [-0.1, -0.05) is 37.3 Å². The maximum absolute atomic E-state index is 13.1. The van der Waals surface area contributed by atoms with E-state index in [2.05, 4.69) is 19.1 Å². The van der Waals surface area contributed by atoms with Gasteiger partial charge in [-0.3, -0.25) is 9.59 Å². The molecule has 6 heteroatoms. The topological polar surface area (TPSA) is 87.9 Å². The molecule has 1 atom stereocenters. The maximum Gasteiger partial charge on any atom is 0.166 e. The average Bonchev–Trinajstić information content (AvgIpc) is 3.17.